The highest BCUT2D eigenvalue weighted by atomic mass is 16.5. The summed E-state index contributed by atoms with van der Waals surface area (Å²) >= 11 is 0. The monoisotopic (exact) mass is 281 g/mol. The van der Waals surface area contributed by atoms with Gasteiger partial charge in [0.1, 0.15) is 17.0 Å². The van der Waals surface area contributed by atoms with Crippen LogP contribution in [-0.4, -0.2) is 42.9 Å². The molecule has 2 N–H and O–H groups in total. The Labute approximate surface area is 117 Å². The van der Waals surface area contributed by atoms with Gasteiger partial charge in [-0.25, -0.2) is 14.8 Å². The first kappa shape index (κ1) is 14.7. The van der Waals surface area contributed by atoms with Crippen molar-refractivity contribution < 1.29 is 19.0 Å². The van der Waals surface area contributed by atoms with E-state index in [1.807, 2.05) is 0 Å². The molecule has 20 heavy (non-hydrogen) atoms. The van der Waals surface area contributed by atoms with Crippen LogP contribution in [0.5, 0.6) is 0 Å². The van der Waals surface area contributed by atoms with Crippen molar-refractivity contribution in [2.75, 3.05) is 32.7 Å². The van der Waals surface area contributed by atoms with Crippen LogP contribution in [0.1, 0.15) is 35.9 Å². The molecule has 0 unspecified atom stereocenters. The van der Waals surface area contributed by atoms with E-state index in [0.29, 0.717) is 31.9 Å². The number of carbonyl (C=O) groups excluding carboxylic acids is 1. The van der Waals surface area contributed by atoms with Gasteiger partial charge in [0.05, 0.1) is 6.61 Å². The zero-order valence-corrected chi connectivity index (χ0v) is 11.7. The molecule has 1 aromatic rings. The lowest BCUT2D eigenvalue weighted by atomic mass is 9.93. The van der Waals surface area contributed by atoms with E-state index in [0.717, 1.165) is 0 Å². The molecule has 0 amide bonds. The van der Waals surface area contributed by atoms with Gasteiger partial charge in [-0.1, -0.05) is 0 Å². The van der Waals surface area contributed by atoms with Crippen molar-refractivity contribution in [1.29, 1.82) is 0 Å². The Morgan fingerprint density at radius 3 is 2.75 bits per heavy atom. The van der Waals surface area contributed by atoms with E-state index in [1.54, 1.807) is 14.0 Å². The van der Waals surface area contributed by atoms with Gasteiger partial charge in [0.25, 0.3) is 0 Å². The molecule has 0 spiro atoms. The minimum atomic E-state index is -0.598. The lowest BCUT2D eigenvalue weighted by Gasteiger charge is -2.34. The molecule has 1 aliphatic rings. The van der Waals surface area contributed by atoms with Gasteiger partial charge in [0.15, 0.2) is 5.82 Å². The van der Waals surface area contributed by atoms with Crippen molar-refractivity contribution in [3.63, 3.8) is 0 Å². The zero-order chi connectivity index (χ0) is 14.6. The summed E-state index contributed by atoms with van der Waals surface area (Å²) in [5.74, 6) is 0.0696. The van der Waals surface area contributed by atoms with Crippen LogP contribution in [0.4, 0.5) is 5.82 Å². The lowest BCUT2D eigenvalue weighted by Crippen LogP contribution is -2.37. The number of ether oxygens (including phenoxy) is 3. The maximum absolute atomic E-state index is 11.7. The molecule has 0 radical (unpaired) electrons. The van der Waals surface area contributed by atoms with E-state index in [2.05, 4.69) is 9.97 Å². The van der Waals surface area contributed by atoms with E-state index in [-0.39, 0.29) is 18.0 Å². The fourth-order valence-electron chi connectivity index (χ4n) is 2.20. The highest BCUT2D eigenvalue weighted by Crippen LogP contribution is 2.33. The Bertz CT molecular complexity index is 487. The number of hydrogen-bond donors (Lipinski definition) is 1. The summed E-state index contributed by atoms with van der Waals surface area (Å²) in [7, 11) is 1.62. The maximum Gasteiger partial charge on any atom is 0.343 e. The van der Waals surface area contributed by atoms with Crippen molar-refractivity contribution in [1.82, 2.24) is 9.97 Å². The third kappa shape index (κ3) is 2.73. The number of hydrogen-bond acceptors (Lipinski definition) is 7. The first-order valence-corrected chi connectivity index (χ1v) is 6.56. The Morgan fingerprint density at radius 2 is 2.20 bits per heavy atom. The van der Waals surface area contributed by atoms with Crippen LogP contribution >= 0.6 is 0 Å². The zero-order valence-electron chi connectivity index (χ0n) is 11.7. The molecule has 7 nitrogen and oxygen atoms in total. The highest BCUT2D eigenvalue weighted by Gasteiger charge is 2.38. The summed E-state index contributed by atoms with van der Waals surface area (Å²) in [5, 5.41) is 0. The van der Waals surface area contributed by atoms with Gasteiger partial charge >= 0.3 is 5.97 Å². The van der Waals surface area contributed by atoms with E-state index < -0.39 is 11.6 Å². The van der Waals surface area contributed by atoms with Crippen LogP contribution in [-0.2, 0) is 19.8 Å². The van der Waals surface area contributed by atoms with Crippen LogP contribution in [0.2, 0.25) is 0 Å². The summed E-state index contributed by atoms with van der Waals surface area (Å²) in [4.78, 5) is 20.1. The third-order valence-corrected chi connectivity index (χ3v) is 3.41. The molecule has 0 aromatic carbocycles. The number of nitrogen functional groups attached to an aromatic ring is 1. The van der Waals surface area contributed by atoms with Gasteiger partial charge in [-0.15, -0.1) is 0 Å². The predicted octanol–water partition coefficient (Wildman–Crippen LogP) is 0.888. The van der Waals surface area contributed by atoms with Crippen LogP contribution in [0.3, 0.4) is 0 Å². The maximum atomic E-state index is 11.7. The smallest absolute Gasteiger partial charge is 0.343 e. The van der Waals surface area contributed by atoms with E-state index >= 15 is 0 Å². The minimum absolute atomic E-state index is 0.108. The average Bonchev–Trinajstić information content (AvgIpc) is 2.48. The van der Waals surface area contributed by atoms with Crippen molar-refractivity contribution >= 4 is 11.8 Å². The first-order chi connectivity index (χ1) is 9.63. The second kappa shape index (κ2) is 6.15. The largest absolute Gasteiger partial charge is 0.462 e. The number of nitrogens with two attached hydrogens (primary N) is 1. The molecule has 1 aliphatic heterocycles. The van der Waals surface area contributed by atoms with Crippen molar-refractivity contribution in [3.05, 3.63) is 17.6 Å². The van der Waals surface area contributed by atoms with Gasteiger partial charge in [-0.3, -0.25) is 0 Å². The topological polar surface area (TPSA) is 96.6 Å². The molecular weight excluding hydrogens is 262 g/mol. The fraction of sp³-hybridized carbons (Fsp3) is 0.615. The quantitative estimate of drug-likeness (QED) is 0.818. The lowest BCUT2D eigenvalue weighted by molar-refractivity contribution is -0.0999. The minimum Gasteiger partial charge on any atom is -0.462 e. The van der Waals surface area contributed by atoms with Crippen LogP contribution in [0.15, 0.2) is 6.20 Å². The Morgan fingerprint density at radius 1 is 1.50 bits per heavy atom. The number of rotatable bonds is 4. The Balaban J connectivity index is 2.30. The predicted molar refractivity (Wildman–Crippen MR) is 71.1 cm³/mol. The first-order valence-electron chi connectivity index (χ1n) is 6.56. The number of carbonyl (C=O) groups is 1. The number of methoxy groups -OCH3 is 1. The van der Waals surface area contributed by atoms with Gasteiger partial charge in [-0.05, 0) is 6.92 Å². The van der Waals surface area contributed by atoms with Gasteiger partial charge in [-0.2, -0.15) is 0 Å². The van der Waals surface area contributed by atoms with Crippen LogP contribution in [0, 0.1) is 0 Å². The highest BCUT2D eigenvalue weighted by molar-refractivity contribution is 5.93. The number of aromatic nitrogens is 2. The van der Waals surface area contributed by atoms with E-state index in [4.69, 9.17) is 19.9 Å². The molecule has 110 valence electrons. The molecule has 1 saturated heterocycles. The summed E-state index contributed by atoms with van der Waals surface area (Å²) in [6.07, 6.45) is 2.70. The third-order valence-electron chi connectivity index (χ3n) is 3.41. The molecule has 2 heterocycles. The molecule has 1 fully saturated rings. The van der Waals surface area contributed by atoms with Crippen molar-refractivity contribution in [2.45, 2.75) is 25.4 Å². The second-order valence-corrected chi connectivity index (χ2v) is 4.52. The normalized spacial score (nSPS) is 17.7. The van der Waals surface area contributed by atoms with Crippen molar-refractivity contribution in [2.24, 2.45) is 0 Å². The van der Waals surface area contributed by atoms with Gasteiger partial charge in [0.2, 0.25) is 0 Å². The fourth-order valence-corrected chi connectivity index (χ4v) is 2.20. The SMILES string of the molecule is CCOC(=O)c1cnc(C2(OC)CCOCC2)nc1N. The van der Waals surface area contributed by atoms with Crippen LogP contribution < -0.4 is 5.73 Å². The summed E-state index contributed by atoms with van der Waals surface area (Å²) in [6, 6.07) is 0. The number of anilines is 1. The molecule has 1 aromatic heterocycles. The Hall–Kier alpha value is -1.73. The number of esters is 1. The summed E-state index contributed by atoms with van der Waals surface area (Å²) in [5.41, 5.74) is 5.41. The standard InChI is InChI=1S/C13H19N3O4/c1-3-20-11(17)9-8-15-12(16-10(9)14)13(18-2)4-6-19-7-5-13/h8H,3-7H2,1-2H3,(H2,14,15,16). The summed E-state index contributed by atoms with van der Waals surface area (Å²) < 4.78 is 15.8. The molecular formula is C13H19N3O4. The van der Waals surface area contributed by atoms with Gasteiger partial charge in [0, 0.05) is 39.4 Å². The summed E-state index contributed by atoms with van der Waals surface area (Å²) in [6.45, 7) is 3.16. The van der Waals surface area contributed by atoms with Crippen LogP contribution in [0.25, 0.3) is 0 Å². The molecule has 0 aliphatic carbocycles. The second-order valence-electron chi connectivity index (χ2n) is 4.52. The average molecular weight is 281 g/mol. The Kier molecular flexibility index (Phi) is 4.51. The van der Waals surface area contributed by atoms with Crippen molar-refractivity contribution in [3.8, 4) is 0 Å². The molecule has 2 rings (SSSR count). The molecule has 0 saturated carbocycles. The molecule has 0 atom stereocenters. The molecule has 7 heteroatoms. The van der Waals surface area contributed by atoms with E-state index in [1.165, 1.54) is 6.20 Å². The van der Waals surface area contributed by atoms with E-state index in [9.17, 15) is 4.79 Å². The number of nitrogens with zero attached hydrogens (tertiary/aromatic N) is 2. The van der Waals surface area contributed by atoms with Gasteiger partial charge < -0.3 is 19.9 Å². The molecule has 0 bridgehead atoms.